The lowest BCUT2D eigenvalue weighted by atomic mass is 10.0. The number of ether oxygens (including phenoxy) is 4. The SMILES string of the molecule is C[C@@H](NC(=O)[C@@H]1CCCN1C(=O)[C@@H](Cc1cn(COCc2ccccc2)cn1)NC(=O)OC(C)(C)C)C(=O)N[C@@H](Cc1ccc(OCc2ccccc2)cc1)C(=O)N[C@H](C)C(=O)OCc1ccccc1. The fraction of sp³-hybridized carbons (Fsp3) is 0.377. The first-order valence-corrected chi connectivity index (χ1v) is 23.4. The van der Waals surface area contributed by atoms with Crippen molar-refractivity contribution in [2.24, 2.45) is 0 Å². The maximum Gasteiger partial charge on any atom is 0.408 e. The monoisotopic (exact) mass is 957 g/mol. The van der Waals surface area contributed by atoms with Crippen LogP contribution in [0, 0.1) is 0 Å². The normalized spacial score (nSPS) is 15.1. The minimum Gasteiger partial charge on any atom is -0.489 e. The molecule has 70 heavy (non-hydrogen) atoms. The molecule has 4 aromatic carbocycles. The van der Waals surface area contributed by atoms with Crippen molar-refractivity contribution >= 4 is 35.7 Å². The van der Waals surface area contributed by atoms with Crippen LogP contribution >= 0.6 is 0 Å². The van der Waals surface area contributed by atoms with E-state index in [2.05, 4.69) is 26.3 Å². The number of alkyl carbamates (subject to hydrolysis) is 1. The smallest absolute Gasteiger partial charge is 0.408 e. The average Bonchev–Trinajstić information content (AvgIpc) is 4.03. The van der Waals surface area contributed by atoms with E-state index in [-0.39, 0.29) is 32.7 Å². The van der Waals surface area contributed by atoms with Crippen molar-refractivity contribution in [1.82, 2.24) is 35.7 Å². The fourth-order valence-corrected chi connectivity index (χ4v) is 7.59. The van der Waals surface area contributed by atoms with E-state index in [1.54, 1.807) is 62.1 Å². The van der Waals surface area contributed by atoms with Gasteiger partial charge in [0.15, 0.2) is 0 Å². The second kappa shape index (κ2) is 25.2. The van der Waals surface area contributed by atoms with Crippen molar-refractivity contribution in [3.8, 4) is 5.75 Å². The molecular formula is C53H63N7O10. The lowest BCUT2D eigenvalue weighted by molar-refractivity contribution is -0.148. The Balaban J connectivity index is 1.10. The van der Waals surface area contributed by atoms with E-state index in [0.717, 1.165) is 16.7 Å². The summed E-state index contributed by atoms with van der Waals surface area (Å²) in [6.07, 6.45) is 3.28. The third kappa shape index (κ3) is 16.3. The van der Waals surface area contributed by atoms with Gasteiger partial charge in [0, 0.05) is 25.6 Å². The lowest BCUT2D eigenvalue weighted by Gasteiger charge is -2.30. The third-order valence-electron chi connectivity index (χ3n) is 11.2. The molecule has 1 aliphatic heterocycles. The summed E-state index contributed by atoms with van der Waals surface area (Å²) in [7, 11) is 0. The minimum atomic E-state index is -1.18. The highest BCUT2D eigenvalue weighted by molar-refractivity contribution is 5.96. The largest absolute Gasteiger partial charge is 0.489 e. The van der Waals surface area contributed by atoms with Crippen LogP contribution < -0.4 is 26.0 Å². The molecule has 17 heteroatoms. The molecule has 6 rings (SSSR count). The fourth-order valence-electron chi connectivity index (χ4n) is 7.59. The summed E-state index contributed by atoms with van der Waals surface area (Å²) in [5.41, 5.74) is 3.11. The van der Waals surface area contributed by atoms with Crippen LogP contribution in [0.2, 0.25) is 0 Å². The van der Waals surface area contributed by atoms with E-state index in [9.17, 15) is 28.8 Å². The summed E-state index contributed by atoms with van der Waals surface area (Å²) >= 11 is 0. The zero-order valence-electron chi connectivity index (χ0n) is 40.3. The Hall–Kier alpha value is -7.53. The van der Waals surface area contributed by atoms with Gasteiger partial charge in [-0.3, -0.25) is 19.2 Å². The molecule has 0 unspecified atom stereocenters. The van der Waals surface area contributed by atoms with Crippen LogP contribution in [0.5, 0.6) is 5.75 Å². The van der Waals surface area contributed by atoms with Crippen LogP contribution in [-0.2, 0) is 77.6 Å². The molecule has 4 N–H and O–H groups in total. The second-order valence-electron chi connectivity index (χ2n) is 18.2. The van der Waals surface area contributed by atoms with Gasteiger partial charge >= 0.3 is 12.1 Å². The van der Waals surface area contributed by atoms with Crippen LogP contribution in [0.15, 0.2) is 128 Å². The number of hydrogen-bond donors (Lipinski definition) is 4. The molecule has 5 atom stereocenters. The quantitative estimate of drug-likeness (QED) is 0.0633. The maximum atomic E-state index is 14.3. The number of nitrogens with zero attached hydrogens (tertiary/aromatic N) is 3. The number of carbonyl (C=O) groups is 6. The molecule has 0 saturated carbocycles. The minimum absolute atomic E-state index is 0.0103. The predicted molar refractivity (Wildman–Crippen MR) is 259 cm³/mol. The number of nitrogens with one attached hydrogen (secondary N) is 4. The maximum absolute atomic E-state index is 14.3. The number of carbonyl (C=O) groups excluding carboxylic acids is 6. The number of rotatable bonds is 22. The average molecular weight is 958 g/mol. The van der Waals surface area contributed by atoms with Crippen LogP contribution in [0.3, 0.4) is 0 Å². The molecule has 1 aliphatic rings. The van der Waals surface area contributed by atoms with E-state index in [1.807, 2.05) is 91.0 Å². The van der Waals surface area contributed by atoms with Gasteiger partial charge in [0.1, 0.15) is 61.5 Å². The topological polar surface area (TPSA) is 209 Å². The molecule has 2 heterocycles. The summed E-state index contributed by atoms with van der Waals surface area (Å²) < 4.78 is 24.4. The zero-order chi connectivity index (χ0) is 50.0. The van der Waals surface area contributed by atoms with Gasteiger partial charge in [0.2, 0.25) is 23.6 Å². The van der Waals surface area contributed by atoms with E-state index in [1.165, 1.54) is 18.7 Å². The molecule has 0 spiro atoms. The number of likely N-dealkylation sites (tertiary alicyclic amines) is 1. The van der Waals surface area contributed by atoms with Gasteiger partial charge in [-0.05, 0) is 81.8 Å². The standard InChI is InChI=1S/C53H63N7O10/c1-36(47(61)57-44(48(62)56-37(2)51(65)69-33-41-20-13-8-14-21-41)28-38-23-25-43(26-24-38)68-32-40-18-11-7-12-19-40)55-49(63)46-22-15-27-60(46)50(64)45(58-52(66)70-53(3,4)5)29-42-30-59(34-54-42)35-67-31-39-16-9-6-10-17-39/h6-14,16-21,23-26,30,34,36-37,44-46H,15,22,27-29,31-33,35H2,1-5H3,(H,55,63)(H,56,62)(H,57,61)(H,58,66)/t36-,37-,44+,45-,46+/m1/s1. The first kappa shape index (κ1) is 51.9. The highest BCUT2D eigenvalue weighted by Crippen LogP contribution is 2.21. The summed E-state index contributed by atoms with van der Waals surface area (Å²) in [5, 5.41) is 10.8. The molecule has 0 radical (unpaired) electrons. The number of imidazole rings is 1. The lowest BCUT2D eigenvalue weighted by Crippen LogP contribution is -2.58. The summed E-state index contributed by atoms with van der Waals surface area (Å²) in [4.78, 5) is 88.0. The molecule has 1 aromatic heterocycles. The summed E-state index contributed by atoms with van der Waals surface area (Å²) in [6, 6.07) is 30.1. The molecule has 0 aliphatic carbocycles. The van der Waals surface area contributed by atoms with Crippen molar-refractivity contribution in [2.75, 3.05) is 6.54 Å². The van der Waals surface area contributed by atoms with Crippen molar-refractivity contribution in [1.29, 1.82) is 0 Å². The summed E-state index contributed by atoms with van der Waals surface area (Å²) in [5.74, 6) is -2.52. The second-order valence-corrected chi connectivity index (χ2v) is 18.2. The van der Waals surface area contributed by atoms with Crippen molar-refractivity contribution < 1.29 is 47.7 Å². The Kier molecular flexibility index (Phi) is 18.7. The molecule has 1 fully saturated rings. The zero-order valence-corrected chi connectivity index (χ0v) is 40.3. The van der Waals surface area contributed by atoms with E-state index >= 15 is 0 Å². The van der Waals surface area contributed by atoms with Crippen molar-refractivity contribution in [2.45, 2.75) is 123 Å². The van der Waals surface area contributed by atoms with E-state index in [0.29, 0.717) is 43.1 Å². The van der Waals surface area contributed by atoms with Gasteiger partial charge < -0.3 is 49.7 Å². The van der Waals surface area contributed by atoms with Gasteiger partial charge in [-0.25, -0.2) is 14.6 Å². The number of hydrogen-bond acceptors (Lipinski definition) is 11. The van der Waals surface area contributed by atoms with Crippen LogP contribution in [0.1, 0.15) is 75.4 Å². The predicted octanol–water partition coefficient (Wildman–Crippen LogP) is 5.54. The van der Waals surface area contributed by atoms with Gasteiger partial charge in [0.25, 0.3) is 0 Å². The van der Waals surface area contributed by atoms with Crippen molar-refractivity contribution in [3.63, 3.8) is 0 Å². The first-order valence-electron chi connectivity index (χ1n) is 23.4. The highest BCUT2D eigenvalue weighted by Gasteiger charge is 2.39. The van der Waals surface area contributed by atoms with Gasteiger partial charge in [-0.1, -0.05) is 103 Å². The molecule has 370 valence electrons. The van der Waals surface area contributed by atoms with Gasteiger partial charge in [0.05, 0.1) is 18.6 Å². The van der Waals surface area contributed by atoms with Crippen LogP contribution in [0.4, 0.5) is 4.79 Å². The summed E-state index contributed by atoms with van der Waals surface area (Å²) in [6.45, 7) is 9.26. The van der Waals surface area contributed by atoms with E-state index < -0.39 is 71.5 Å². The number of amides is 5. The van der Waals surface area contributed by atoms with Crippen molar-refractivity contribution in [3.05, 3.63) is 156 Å². The molecule has 0 bridgehead atoms. The Morgan fingerprint density at radius 1 is 0.671 bits per heavy atom. The Morgan fingerprint density at radius 2 is 1.29 bits per heavy atom. The molecular weight excluding hydrogens is 895 g/mol. The molecule has 5 aromatic rings. The Bertz CT molecular complexity index is 2500. The van der Waals surface area contributed by atoms with E-state index in [4.69, 9.17) is 18.9 Å². The van der Waals surface area contributed by atoms with Gasteiger partial charge in [-0.2, -0.15) is 0 Å². The number of esters is 1. The van der Waals surface area contributed by atoms with Gasteiger partial charge in [-0.15, -0.1) is 0 Å². The molecule has 17 nitrogen and oxygen atoms in total. The third-order valence-corrected chi connectivity index (χ3v) is 11.2. The van der Waals surface area contributed by atoms with Crippen LogP contribution in [0.25, 0.3) is 0 Å². The molecule has 5 amide bonds. The van der Waals surface area contributed by atoms with Crippen LogP contribution in [-0.4, -0.2) is 92.5 Å². The Labute approximate surface area is 408 Å². The molecule has 1 saturated heterocycles. The number of benzene rings is 4. The number of aromatic nitrogens is 2. The Morgan fingerprint density at radius 3 is 1.91 bits per heavy atom. The highest BCUT2D eigenvalue weighted by atomic mass is 16.6. The first-order chi connectivity index (χ1) is 33.6.